The number of nitrogens with zero attached hydrogens (tertiary/aromatic N) is 2. The van der Waals surface area contributed by atoms with Crippen LogP contribution >= 0.6 is 11.8 Å². The zero-order chi connectivity index (χ0) is 36.6. The Hall–Kier alpha value is -3.11. The molecule has 1 aromatic heterocycles. The molecule has 2 aromatic carbocycles. The number of aryl methyl sites for hydroxylation is 1. The number of hydrogen-bond acceptors (Lipinski definition) is 12. The lowest BCUT2D eigenvalue weighted by Gasteiger charge is -2.42. The molecule has 0 saturated heterocycles. The first-order valence-corrected chi connectivity index (χ1v) is 18.7. The molecule has 0 spiro atoms. The maximum absolute atomic E-state index is 13.0. The summed E-state index contributed by atoms with van der Waals surface area (Å²) in [7, 11) is 0. The van der Waals surface area contributed by atoms with Crippen LogP contribution in [0.15, 0.2) is 65.8 Å². The van der Waals surface area contributed by atoms with Crippen molar-refractivity contribution in [1.82, 2.24) is 15.2 Å². The Morgan fingerprint density at radius 3 is 2.55 bits per heavy atom. The molecule has 0 bridgehead atoms. The third-order valence-corrected chi connectivity index (χ3v) is 10.5. The van der Waals surface area contributed by atoms with Crippen LogP contribution in [-0.2, 0) is 21.6 Å². The van der Waals surface area contributed by atoms with Gasteiger partial charge in [-0.1, -0.05) is 44.0 Å². The Morgan fingerprint density at radius 2 is 1.84 bits per heavy atom. The second-order valence-electron chi connectivity index (χ2n) is 13.5. The highest BCUT2D eigenvalue weighted by molar-refractivity contribution is 7.99. The van der Waals surface area contributed by atoms with E-state index in [2.05, 4.69) is 46.2 Å². The number of para-hydroxylation sites is 1. The molecule has 278 valence electrons. The highest BCUT2D eigenvalue weighted by atomic mass is 32.2. The third kappa shape index (κ3) is 9.86. The van der Waals surface area contributed by atoms with Gasteiger partial charge in [0.2, 0.25) is 5.91 Å². The van der Waals surface area contributed by atoms with Gasteiger partial charge in [-0.3, -0.25) is 19.4 Å². The molecule has 2 fully saturated rings. The minimum Gasteiger partial charge on any atom is -0.490 e. The molecule has 51 heavy (non-hydrogen) atoms. The average Bonchev–Trinajstić information content (AvgIpc) is 4.06. The van der Waals surface area contributed by atoms with Crippen molar-refractivity contribution in [2.75, 3.05) is 18.9 Å². The van der Waals surface area contributed by atoms with Gasteiger partial charge < -0.3 is 40.7 Å². The smallest absolute Gasteiger partial charge is 0.360 e. The molecule has 13 heteroatoms. The predicted octanol–water partition coefficient (Wildman–Crippen LogP) is 3.87. The van der Waals surface area contributed by atoms with Crippen molar-refractivity contribution < 1.29 is 44.9 Å². The predicted molar refractivity (Wildman–Crippen MR) is 192 cm³/mol. The Morgan fingerprint density at radius 1 is 1.08 bits per heavy atom. The summed E-state index contributed by atoms with van der Waals surface area (Å²) in [5.41, 5.74) is 5.42. The van der Waals surface area contributed by atoms with E-state index >= 15 is 0 Å². The fraction of sp³-hybridized carbons (Fsp3) is 0.526. The number of carbonyl (C=O) groups excluding carboxylic acids is 1. The quantitative estimate of drug-likeness (QED) is 0.0479. The van der Waals surface area contributed by atoms with E-state index in [0.717, 1.165) is 77.0 Å². The van der Waals surface area contributed by atoms with E-state index in [9.17, 15) is 30.3 Å². The number of aromatic nitrogens is 1. The van der Waals surface area contributed by atoms with Gasteiger partial charge in [-0.25, -0.2) is 0 Å². The molecule has 5 rings (SSSR count). The number of ether oxygens (including phenoxy) is 2. The first-order valence-electron chi connectivity index (χ1n) is 17.8. The topological polar surface area (TPSA) is 185 Å². The van der Waals surface area contributed by atoms with Gasteiger partial charge in [-0.15, -0.1) is 11.8 Å². The number of unbranched alkanes of at least 4 members (excludes halogenated alkanes) is 2. The Kier molecular flexibility index (Phi) is 13.1. The Labute approximate surface area is 303 Å². The van der Waals surface area contributed by atoms with Gasteiger partial charge in [-0.2, -0.15) is 0 Å². The van der Waals surface area contributed by atoms with Crippen molar-refractivity contribution in [2.24, 2.45) is 0 Å². The number of nitrogens with one attached hydrogen (secondary N) is 1. The summed E-state index contributed by atoms with van der Waals surface area (Å²) in [5.74, 6) is -6.72. The molecule has 2 aliphatic carbocycles. The van der Waals surface area contributed by atoms with E-state index in [0.29, 0.717) is 29.7 Å². The van der Waals surface area contributed by atoms with E-state index < -0.39 is 30.7 Å². The minimum atomic E-state index is -3.77. The molecular formula is C38H51N3O9S. The molecule has 7 N–H and O–H groups in total. The second kappa shape index (κ2) is 17.1. The van der Waals surface area contributed by atoms with E-state index in [4.69, 9.17) is 9.84 Å². The number of carbonyl (C=O) groups is 1. The number of pyridine rings is 1. The van der Waals surface area contributed by atoms with Gasteiger partial charge in [0.1, 0.15) is 5.75 Å². The fourth-order valence-electron chi connectivity index (χ4n) is 6.04. The van der Waals surface area contributed by atoms with Crippen molar-refractivity contribution >= 4 is 17.7 Å². The van der Waals surface area contributed by atoms with Crippen molar-refractivity contribution in [2.45, 2.75) is 113 Å². The number of rotatable bonds is 21. The summed E-state index contributed by atoms with van der Waals surface area (Å²) < 4.78 is 10.7. The van der Waals surface area contributed by atoms with Crippen molar-refractivity contribution in [3.05, 3.63) is 77.6 Å². The molecule has 2 aliphatic rings. The zero-order valence-corrected chi connectivity index (χ0v) is 30.1. The standard InChI is InChI=1S/C38H51N3O9S/c1-3-4-5-11-34(43)41(37(45,46)38(47,48)50-35(44)25-42)20-8-21-51-29-15-12-26(2)27(22-29)23-40-36(17-18-36)32-24-39-19-16-30(32)31-9-6-7-10-33(31)49-28-13-14-28/h6-7,9-10,12,15-16,19,22,24,28,35,40,42,44-48H,3-5,8,11,13-14,17-18,20-21,23,25H2,1-2H3. The average molecular weight is 726 g/mol. The zero-order valence-electron chi connectivity index (χ0n) is 29.3. The third-order valence-electron chi connectivity index (χ3n) is 9.38. The van der Waals surface area contributed by atoms with Gasteiger partial charge in [0.05, 0.1) is 12.7 Å². The maximum atomic E-state index is 13.0. The Balaban J connectivity index is 1.23. The summed E-state index contributed by atoms with van der Waals surface area (Å²) in [6.45, 7) is 3.39. The maximum Gasteiger partial charge on any atom is 0.360 e. The summed E-state index contributed by atoms with van der Waals surface area (Å²) in [6, 6.07) is 16.5. The number of benzene rings is 2. The van der Waals surface area contributed by atoms with Gasteiger partial charge in [0.15, 0.2) is 6.29 Å². The highest BCUT2D eigenvalue weighted by Crippen LogP contribution is 2.50. The molecule has 2 saturated carbocycles. The van der Waals surface area contributed by atoms with Crippen molar-refractivity contribution in [1.29, 1.82) is 0 Å². The first-order chi connectivity index (χ1) is 24.4. The molecule has 0 radical (unpaired) electrons. The lowest BCUT2D eigenvalue weighted by molar-refractivity contribution is -0.510. The summed E-state index contributed by atoms with van der Waals surface area (Å²) >= 11 is 1.53. The van der Waals surface area contributed by atoms with Crippen LogP contribution < -0.4 is 10.1 Å². The molecule has 0 aliphatic heterocycles. The highest BCUT2D eigenvalue weighted by Gasteiger charge is 2.56. The molecular weight excluding hydrogens is 674 g/mol. The number of hydrogen-bond donors (Lipinski definition) is 7. The van der Waals surface area contributed by atoms with Crippen LogP contribution in [0.2, 0.25) is 0 Å². The fourth-order valence-corrected chi connectivity index (χ4v) is 6.94. The molecule has 1 heterocycles. The lowest BCUT2D eigenvalue weighted by atomic mass is 9.94. The van der Waals surface area contributed by atoms with Crippen LogP contribution in [0.1, 0.15) is 81.4 Å². The van der Waals surface area contributed by atoms with Crippen LogP contribution in [0.3, 0.4) is 0 Å². The molecule has 1 amide bonds. The number of thioether (sulfide) groups is 1. The molecule has 1 unspecified atom stereocenters. The van der Waals surface area contributed by atoms with Gasteiger partial charge in [0.25, 0.3) is 0 Å². The molecule has 1 atom stereocenters. The first kappa shape index (κ1) is 39.1. The van der Waals surface area contributed by atoms with Crippen LogP contribution in [-0.4, -0.2) is 89.6 Å². The van der Waals surface area contributed by atoms with E-state index in [1.807, 2.05) is 43.6 Å². The second-order valence-corrected chi connectivity index (χ2v) is 14.6. The van der Waals surface area contributed by atoms with E-state index in [1.54, 1.807) is 0 Å². The normalized spacial score (nSPS) is 16.2. The van der Waals surface area contributed by atoms with Gasteiger partial charge in [-0.05, 0) is 97.7 Å². The number of amides is 1. The van der Waals surface area contributed by atoms with E-state index in [-0.39, 0.29) is 24.9 Å². The minimum absolute atomic E-state index is 0.0560. The Bertz CT molecular complexity index is 1610. The van der Waals surface area contributed by atoms with Crippen LogP contribution in [0.25, 0.3) is 11.1 Å². The molecule has 3 aromatic rings. The summed E-state index contributed by atoms with van der Waals surface area (Å²) in [4.78, 5) is 19.1. The number of aliphatic hydroxyl groups is 6. The number of aliphatic hydroxyl groups excluding tert-OH is 2. The monoisotopic (exact) mass is 725 g/mol. The van der Waals surface area contributed by atoms with Crippen LogP contribution in [0.4, 0.5) is 0 Å². The summed E-state index contributed by atoms with van der Waals surface area (Å²) in [6.07, 6.45) is 8.34. The largest absolute Gasteiger partial charge is 0.490 e. The van der Waals surface area contributed by atoms with Crippen molar-refractivity contribution in [3.63, 3.8) is 0 Å². The lowest BCUT2D eigenvalue weighted by Crippen LogP contribution is -2.68. The van der Waals surface area contributed by atoms with Crippen LogP contribution in [0, 0.1) is 6.92 Å². The SMILES string of the molecule is CCCCCC(=O)N(CCCSc1ccc(C)c(CNC2(c3cnccc3-c3ccccc3OC3CC3)CC2)c1)C(O)(O)C(O)(O)OC(O)CO. The van der Waals surface area contributed by atoms with Gasteiger partial charge >= 0.3 is 11.9 Å². The van der Waals surface area contributed by atoms with Gasteiger partial charge in [0, 0.05) is 47.9 Å². The van der Waals surface area contributed by atoms with E-state index in [1.165, 1.54) is 11.8 Å². The summed E-state index contributed by atoms with van der Waals surface area (Å²) in [5, 5.41) is 64.4. The van der Waals surface area contributed by atoms with Crippen molar-refractivity contribution in [3.8, 4) is 16.9 Å². The molecule has 12 nitrogen and oxygen atoms in total. The van der Waals surface area contributed by atoms with Crippen LogP contribution in [0.5, 0.6) is 5.75 Å².